The van der Waals surface area contributed by atoms with E-state index in [1.165, 1.54) is 16.3 Å². The predicted octanol–water partition coefficient (Wildman–Crippen LogP) is 2.90. The van der Waals surface area contributed by atoms with Crippen molar-refractivity contribution >= 4 is 16.7 Å². The molecule has 0 unspecified atom stereocenters. The van der Waals surface area contributed by atoms with Gasteiger partial charge in [-0.05, 0) is 29.7 Å². The van der Waals surface area contributed by atoms with Crippen LogP contribution < -0.4 is 4.74 Å². The summed E-state index contributed by atoms with van der Waals surface area (Å²) < 4.78 is 5.63. The van der Waals surface area contributed by atoms with E-state index in [9.17, 15) is 4.79 Å². The zero-order chi connectivity index (χ0) is 16.7. The van der Waals surface area contributed by atoms with Gasteiger partial charge >= 0.3 is 0 Å². The van der Waals surface area contributed by atoms with Crippen LogP contribution in [-0.4, -0.2) is 49.0 Å². The monoisotopic (exact) mass is 324 g/mol. The summed E-state index contributed by atoms with van der Waals surface area (Å²) in [6.07, 6.45) is 2.15. The van der Waals surface area contributed by atoms with Crippen molar-refractivity contribution in [2.75, 3.05) is 27.2 Å². The maximum absolute atomic E-state index is 12.4. The van der Waals surface area contributed by atoms with Gasteiger partial charge in [0.25, 0.3) is 0 Å². The van der Waals surface area contributed by atoms with E-state index >= 15 is 0 Å². The Kier molecular flexibility index (Phi) is 3.93. The minimum Gasteiger partial charge on any atom is -0.496 e. The standard InChI is InChI=1S/C20H24N2O2/c1-21-16-9-7-15(20(21)23)11-22(12-16)13-18-17-6-4-3-5-14(17)8-10-19(18)24-2/h3-6,8,10,15-16H,7,9,11-13H2,1-2H3/t15-,16+/m1/s1. The number of ether oxygens (including phenoxy) is 1. The van der Waals surface area contributed by atoms with E-state index in [0.717, 1.165) is 38.2 Å². The number of methoxy groups -OCH3 is 1. The lowest BCUT2D eigenvalue weighted by Gasteiger charge is -2.32. The highest BCUT2D eigenvalue weighted by atomic mass is 16.5. The van der Waals surface area contributed by atoms with Crippen molar-refractivity contribution in [3.8, 4) is 5.75 Å². The molecule has 0 aromatic heterocycles. The van der Waals surface area contributed by atoms with Gasteiger partial charge in [0.05, 0.1) is 13.0 Å². The molecule has 2 bridgehead atoms. The number of carbonyl (C=O) groups excluding carboxylic acids is 1. The van der Waals surface area contributed by atoms with Crippen molar-refractivity contribution in [3.63, 3.8) is 0 Å². The third kappa shape index (κ3) is 2.55. The van der Waals surface area contributed by atoms with Gasteiger partial charge in [0.15, 0.2) is 0 Å². The van der Waals surface area contributed by atoms with Crippen molar-refractivity contribution in [3.05, 3.63) is 42.0 Å². The number of carbonyl (C=O) groups is 1. The Bertz CT molecular complexity index is 773. The van der Waals surface area contributed by atoms with Crippen LogP contribution in [0.2, 0.25) is 0 Å². The molecule has 3 aliphatic heterocycles. The summed E-state index contributed by atoms with van der Waals surface area (Å²) in [5, 5.41) is 2.48. The fourth-order valence-electron chi connectivity index (χ4n) is 4.27. The van der Waals surface area contributed by atoms with Gasteiger partial charge in [-0.1, -0.05) is 30.3 Å². The van der Waals surface area contributed by atoms with Gasteiger partial charge in [-0.25, -0.2) is 0 Å². The second-order valence-electron chi connectivity index (χ2n) is 7.04. The van der Waals surface area contributed by atoms with Gasteiger partial charge < -0.3 is 9.64 Å². The Hall–Kier alpha value is -2.07. The van der Waals surface area contributed by atoms with Crippen LogP contribution in [0.5, 0.6) is 5.75 Å². The minimum atomic E-state index is 0.148. The predicted molar refractivity (Wildman–Crippen MR) is 95.1 cm³/mol. The molecule has 2 aromatic carbocycles. The molecule has 4 nitrogen and oxygen atoms in total. The number of rotatable bonds is 3. The van der Waals surface area contributed by atoms with Gasteiger partial charge in [0.1, 0.15) is 5.75 Å². The summed E-state index contributed by atoms with van der Waals surface area (Å²) in [6, 6.07) is 13.0. The van der Waals surface area contributed by atoms with Gasteiger partial charge in [-0.3, -0.25) is 9.69 Å². The van der Waals surface area contributed by atoms with E-state index in [1.807, 2.05) is 11.9 Å². The van der Waals surface area contributed by atoms with Crippen LogP contribution in [0.3, 0.4) is 0 Å². The topological polar surface area (TPSA) is 32.8 Å². The maximum atomic E-state index is 12.4. The molecule has 2 atom stereocenters. The molecule has 3 heterocycles. The van der Waals surface area contributed by atoms with E-state index in [2.05, 4.69) is 41.3 Å². The number of hydrogen-bond donors (Lipinski definition) is 0. The highest BCUT2D eigenvalue weighted by Crippen LogP contribution is 2.33. The first kappa shape index (κ1) is 15.5. The summed E-state index contributed by atoms with van der Waals surface area (Å²) >= 11 is 0. The quantitative estimate of drug-likeness (QED) is 0.870. The van der Waals surface area contributed by atoms with Crippen molar-refractivity contribution in [1.29, 1.82) is 0 Å². The maximum Gasteiger partial charge on any atom is 0.227 e. The SMILES string of the molecule is COc1ccc2ccccc2c1CN1C[C@H]2CC[C@@H](C1)N(C)C2=O. The lowest BCUT2D eigenvalue weighted by molar-refractivity contribution is -0.138. The number of fused-ring (bicyclic) bond motifs is 5. The van der Waals surface area contributed by atoms with Gasteiger partial charge in [0.2, 0.25) is 5.91 Å². The summed E-state index contributed by atoms with van der Waals surface area (Å²) in [4.78, 5) is 16.8. The second-order valence-corrected chi connectivity index (χ2v) is 7.04. The molecule has 3 fully saturated rings. The molecular formula is C20H24N2O2. The molecule has 0 saturated carbocycles. The Morgan fingerprint density at radius 1 is 1.12 bits per heavy atom. The Labute approximate surface area is 143 Å². The highest BCUT2D eigenvalue weighted by molar-refractivity contribution is 5.87. The molecule has 4 heteroatoms. The first-order valence-corrected chi connectivity index (χ1v) is 8.71. The smallest absolute Gasteiger partial charge is 0.227 e. The van der Waals surface area contributed by atoms with Crippen LogP contribution in [0.25, 0.3) is 10.8 Å². The van der Waals surface area contributed by atoms with Crippen LogP contribution >= 0.6 is 0 Å². The fraction of sp³-hybridized carbons (Fsp3) is 0.450. The van der Waals surface area contributed by atoms with Crippen LogP contribution in [0.15, 0.2) is 36.4 Å². The molecule has 0 N–H and O–H groups in total. The van der Waals surface area contributed by atoms with Gasteiger partial charge in [-0.15, -0.1) is 0 Å². The Morgan fingerprint density at radius 2 is 1.96 bits per heavy atom. The van der Waals surface area contributed by atoms with Crippen molar-refractivity contribution < 1.29 is 9.53 Å². The molecule has 3 aliphatic rings. The summed E-state index contributed by atoms with van der Waals surface area (Å²) in [7, 11) is 3.69. The molecule has 0 aliphatic carbocycles. The molecule has 3 saturated heterocycles. The van der Waals surface area contributed by atoms with Gasteiger partial charge in [0, 0.05) is 38.3 Å². The fourth-order valence-corrected chi connectivity index (χ4v) is 4.27. The number of hydrogen-bond acceptors (Lipinski definition) is 3. The number of nitrogens with zero attached hydrogens (tertiary/aromatic N) is 2. The third-order valence-electron chi connectivity index (χ3n) is 5.64. The van der Waals surface area contributed by atoms with E-state index in [1.54, 1.807) is 7.11 Å². The van der Waals surface area contributed by atoms with Gasteiger partial charge in [-0.2, -0.15) is 0 Å². The first-order valence-electron chi connectivity index (χ1n) is 8.71. The normalized spacial score (nSPS) is 24.4. The Balaban J connectivity index is 1.68. The molecule has 1 amide bonds. The minimum absolute atomic E-state index is 0.148. The van der Waals surface area contributed by atoms with E-state index < -0.39 is 0 Å². The molecule has 126 valence electrons. The Morgan fingerprint density at radius 3 is 2.79 bits per heavy atom. The summed E-state index contributed by atoms with van der Waals surface area (Å²) in [6.45, 7) is 2.63. The zero-order valence-corrected chi connectivity index (χ0v) is 14.4. The van der Waals surface area contributed by atoms with Crippen molar-refractivity contribution in [2.24, 2.45) is 5.92 Å². The van der Waals surface area contributed by atoms with Crippen LogP contribution in [0.1, 0.15) is 18.4 Å². The summed E-state index contributed by atoms with van der Waals surface area (Å²) in [5.74, 6) is 1.40. The molecule has 0 radical (unpaired) electrons. The highest BCUT2D eigenvalue weighted by Gasteiger charge is 2.38. The molecule has 2 aromatic rings. The average molecular weight is 324 g/mol. The van der Waals surface area contributed by atoms with Crippen LogP contribution in [0.4, 0.5) is 0 Å². The third-order valence-corrected chi connectivity index (χ3v) is 5.64. The van der Waals surface area contributed by atoms with E-state index in [0.29, 0.717) is 11.9 Å². The average Bonchev–Trinajstić information content (AvgIpc) is 2.88. The second kappa shape index (κ2) is 6.10. The van der Waals surface area contributed by atoms with Crippen molar-refractivity contribution in [2.45, 2.75) is 25.4 Å². The lowest BCUT2D eigenvalue weighted by atomic mass is 9.95. The first-order chi connectivity index (χ1) is 11.7. The number of likely N-dealkylation sites (N-methyl/N-ethyl adjacent to an activating group) is 1. The molecule has 0 spiro atoms. The van der Waals surface area contributed by atoms with Crippen LogP contribution in [0, 0.1) is 5.92 Å². The largest absolute Gasteiger partial charge is 0.496 e. The van der Waals surface area contributed by atoms with E-state index in [-0.39, 0.29) is 5.92 Å². The van der Waals surface area contributed by atoms with Crippen LogP contribution in [-0.2, 0) is 11.3 Å². The number of piperidine rings is 1. The number of benzene rings is 2. The molecule has 5 rings (SSSR count). The summed E-state index contributed by atoms with van der Waals surface area (Å²) in [5.41, 5.74) is 1.23. The number of amides is 1. The lowest BCUT2D eigenvalue weighted by Crippen LogP contribution is -2.45. The molecular weight excluding hydrogens is 300 g/mol. The van der Waals surface area contributed by atoms with Crippen molar-refractivity contribution in [1.82, 2.24) is 9.80 Å². The van der Waals surface area contributed by atoms with E-state index in [4.69, 9.17) is 4.74 Å². The molecule has 24 heavy (non-hydrogen) atoms. The zero-order valence-electron chi connectivity index (χ0n) is 14.4.